The molecular weight excluding hydrogens is 1200 g/mol. The van der Waals surface area contributed by atoms with Crippen LogP contribution in [0.25, 0.3) is 0 Å². The molecule has 0 saturated heterocycles. The maximum Gasteiger partial charge on any atom is 0.472 e. The Morgan fingerprint density at radius 2 is 0.505 bits per heavy atom. The lowest BCUT2D eigenvalue weighted by Crippen LogP contribution is -2.30. The van der Waals surface area contributed by atoms with Crippen LogP contribution < -0.4 is 0 Å². The number of phosphoric ester groups is 2. The fraction of sp³-hybridized carbons (Fsp3) is 0.944. The number of phosphoric acid groups is 2. The highest BCUT2D eigenvalue weighted by Gasteiger charge is 2.30. The molecule has 0 aromatic rings. The Hall–Kier alpha value is -1.94. The zero-order valence-electron chi connectivity index (χ0n) is 59.0. The summed E-state index contributed by atoms with van der Waals surface area (Å²) in [5.41, 5.74) is 0. The van der Waals surface area contributed by atoms with E-state index in [4.69, 9.17) is 37.0 Å². The molecule has 0 aromatic heterocycles. The van der Waals surface area contributed by atoms with Crippen LogP contribution in [0.15, 0.2) is 0 Å². The van der Waals surface area contributed by atoms with Crippen LogP contribution in [0.3, 0.4) is 0 Å². The van der Waals surface area contributed by atoms with Crippen molar-refractivity contribution in [2.75, 3.05) is 39.6 Å². The van der Waals surface area contributed by atoms with Gasteiger partial charge in [-0.2, -0.15) is 0 Å². The second-order valence-electron chi connectivity index (χ2n) is 26.5. The number of ether oxygens (including phenoxy) is 4. The summed E-state index contributed by atoms with van der Waals surface area (Å²) in [5, 5.41) is 10.6. The number of unbranched alkanes of at least 4 members (excludes halogenated alkanes) is 44. The Kier molecular flexibility index (Phi) is 64.0. The molecule has 0 aliphatic carbocycles. The molecular formula is C72H140O17P2. The maximum absolute atomic E-state index is 13.0. The van der Waals surface area contributed by atoms with Gasteiger partial charge in [0.15, 0.2) is 12.2 Å². The second kappa shape index (κ2) is 65.4. The Bertz CT molecular complexity index is 1750. The monoisotopic (exact) mass is 1340 g/mol. The van der Waals surface area contributed by atoms with Gasteiger partial charge in [-0.05, 0) is 31.6 Å². The molecule has 2 unspecified atom stereocenters. The van der Waals surface area contributed by atoms with E-state index in [-0.39, 0.29) is 25.7 Å². The van der Waals surface area contributed by atoms with Crippen molar-refractivity contribution in [3.05, 3.63) is 0 Å². The van der Waals surface area contributed by atoms with Crippen molar-refractivity contribution >= 4 is 39.5 Å². The van der Waals surface area contributed by atoms with Gasteiger partial charge in [-0.25, -0.2) is 9.13 Å². The molecule has 5 atom stereocenters. The summed E-state index contributed by atoms with van der Waals surface area (Å²) in [4.78, 5) is 72.4. The number of hydrogen-bond acceptors (Lipinski definition) is 15. The quantitative estimate of drug-likeness (QED) is 0.0222. The van der Waals surface area contributed by atoms with Gasteiger partial charge in [-0.15, -0.1) is 0 Å². The number of carbonyl (C=O) groups is 4. The molecule has 0 aliphatic rings. The number of carbonyl (C=O) groups excluding carboxylic acids is 4. The first kappa shape index (κ1) is 89.1. The summed E-state index contributed by atoms with van der Waals surface area (Å²) in [6.45, 7) is 7.20. The minimum Gasteiger partial charge on any atom is -0.462 e. The number of aliphatic hydroxyl groups is 1. The minimum atomic E-state index is -4.95. The molecule has 0 fully saturated rings. The molecule has 540 valence electrons. The van der Waals surface area contributed by atoms with Crippen molar-refractivity contribution in [1.29, 1.82) is 0 Å². The van der Waals surface area contributed by atoms with Gasteiger partial charge in [-0.3, -0.25) is 37.3 Å². The summed E-state index contributed by atoms with van der Waals surface area (Å²) in [6, 6.07) is 0. The van der Waals surface area contributed by atoms with Crippen LogP contribution in [0.5, 0.6) is 0 Å². The minimum absolute atomic E-state index is 0.107. The van der Waals surface area contributed by atoms with Gasteiger partial charge < -0.3 is 33.8 Å². The highest BCUT2D eigenvalue weighted by atomic mass is 31.2. The smallest absolute Gasteiger partial charge is 0.462 e. The summed E-state index contributed by atoms with van der Waals surface area (Å²) in [7, 11) is -9.89. The van der Waals surface area contributed by atoms with Crippen LogP contribution in [0.1, 0.15) is 375 Å². The standard InChI is InChI=1S/C72H140O17P2/c1-6-9-12-15-17-19-21-23-25-26-30-33-37-41-46-51-56-70(75)83-62-68(89-72(77)58-53-48-43-39-35-31-27-28-32-36-40-45-49-54-65(4)5)64-87-91(80,81)85-60-66(73)59-84-90(78,79)86-63-67(61-82-69(74)55-50-44-14-11-8-3)88-71(76)57-52-47-42-38-34-29-24-22-20-18-16-13-10-7-2/h65-68,73H,6-64H2,1-5H3,(H,78,79)(H,80,81)/t66-,67+,68+/m0/s1. The molecule has 0 rings (SSSR count). The van der Waals surface area contributed by atoms with Crippen LogP contribution >= 0.6 is 15.6 Å². The molecule has 0 radical (unpaired) electrons. The molecule has 17 nitrogen and oxygen atoms in total. The predicted molar refractivity (Wildman–Crippen MR) is 368 cm³/mol. The van der Waals surface area contributed by atoms with E-state index in [1.165, 1.54) is 193 Å². The summed E-state index contributed by atoms with van der Waals surface area (Å²) in [5.74, 6) is -1.34. The third-order valence-electron chi connectivity index (χ3n) is 16.8. The molecule has 0 bridgehead atoms. The van der Waals surface area contributed by atoms with Gasteiger partial charge in [0, 0.05) is 25.7 Å². The molecule has 0 aliphatic heterocycles. The summed E-state index contributed by atoms with van der Waals surface area (Å²) < 4.78 is 68.2. The molecule has 0 aromatic carbocycles. The lowest BCUT2D eigenvalue weighted by molar-refractivity contribution is -0.161. The first-order chi connectivity index (χ1) is 44.0. The van der Waals surface area contributed by atoms with Crippen molar-refractivity contribution < 1.29 is 80.2 Å². The van der Waals surface area contributed by atoms with E-state index >= 15 is 0 Å². The molecule has 91 heavy (non-hydrogen) atoms. The van der Waals surface area contributed by atoms with Gasteiger partial charge in [0.05, 0.1) is 26.4 Å². The van der Waals surface area contributed by atoms with Crippen molar-refractivity contribution in [3.63, 3.8) is 0 Å². The van der Waals surface area contributed by atoms with Crippen molar-refractivity contribution in [2.45, 2.75) is 393 Å². The van der Waals surface area contributed by atoms with Gasteiger partial charge >= 0.3 is 39.5 Å². The van der Waals surface area contributed by atoms with Crippen molar-refractivity contribution in [3.8, 4) is 0 Å². The Morgan fingerprint density at radius 3 is 0.747 bits per heavy atom. The first-order valence-electron chi connectivity index (χ1n) is 37.6. The number of rotatable bonds is 72. The average Bonchev–Trinajstić information content (AvgIpc) is 3.62. The van der Waals surface area contributed by atoms with Crippen LogP contribution in [0, 0.1) is 5.92 Å². The van der Waals surface area contributed by atoms with E-state index in [2.05, 4.69) is 34.6 Å². The third-order valence-corrected chi connectivity index (χ3v) is 18.7. The van der Waals surface area contributed by atoms with Gasteiger partial charge in [0.1, 0.15) is 19.3 Å². The largest absolute Gasteiger partial charge is 0.472 e. The van der Waals surface area contributed by atoms with Gasteiger partial charge in [-0.1, -0.05) is 324 Å². The fourth-order valence-corrected chi connectivity index (χ4v) is 12.6. The van der Waals surface area contributed by atoms with Crippen molar-refractivity contribution in [2.24, 2.45) is 5.92 Å². The molecule has 0 spiro atoms. The number of hydrogen-bond donors (Lipinski definition) is 3. The summed E-state index contributed by atoms with van der Waals surface area (Å²) in [6.07, 6.45) is 53.0. The Balaban J connectivity index is 5.15. The highest BCUT2D eigenvalue weighted by Crippen LogP contribution is 2.45. The number of esters is 4. The van der Waals surface area contributed by atoms with Gasteiger partial charge in [0.2, 0.25) is 0 Å². The van der Waals surface area contributed by atoms with Crippen LogP contribution in [-0.4, -0.2) is 96.7 Å². The zero-order chi connectivity index (χ0) is 67.0. The van der Waals surface area contributed by atoms with E-state index in [9.17, 15) is 43.2 Å². The predicted octanol–water partition coefficient (Wildman–Crippen LogP) is 20.9. The molecule has 0 heterocycles. The maximum atomic E-state index is 13.0. The van der Waals surface area contributed by atoms with E-state index < -0.39 is 97.5 Å². The highest BCUT2D eigenvalue weighted by molar-refractivity contribution is 7.47. The second-order valence-corrected chi connectivity index (χ2v) is 29.4. The Morgan fingerprint density at radius 1 is 0.297 bits per heavy atom. The van der Waals surface area contributed by atoms with Gasteiger partial charge in [0.25, 0.3) is 0 Å². The van der Waals surface area contributed by atoms with Crippen LogP contribution in [0.4, 0.5) is 0 Å². The van der Waals surface area contributed by atoms with E-state index in [0.29, 0.717) is 25.7 Å². The van der Waals surface area contributed by atoms with E-state index in [1.807, 2.05) is 0 Å². The van der Waals surface area contributed by atoms with Crippen LogP contribution in [0.2, 0.25) is 0 Å². The van der Waals surface area contributed by atoms with E-state index in [1.54, 1.807) is 0 Å². The lowest BCUT2D eigenvalue weighted by Gasteiger charge is -2.21. The summed E-state index contributed by atoms with van der Waals surface area (Å²) >= 11 is 0. The fourth-order valence-electron chi connectivity index (χ4n) is 11.0. The topological polar surface area (TPSA) is 237 Å². The zero-order valence-corrected chi connectivity index (χ0v) is 60.8. The average molecular weight is 1340 g/mol. The molecule has 0 amide bonds. The lowest BCUT2D eigenvalue weighted by atomic mass is 10.0. The molecule has 19 heteroatoms. The third kappa shape index (κ3) is 66.5. The first-order valence-corrected chi connectivity index (χ1v) is 40.6. The Labute approximate surface area is 556 Å². The van der Waals surface area contributed by atoms with Crippen LogP contribution in [-0.2, 0) is 65.4 Å². The normalized spacial score (nSPS) is 14.0. The SMILES string of the molecule is CCCCCCCCCCCCCCCCCCC(=O)OC[C@H](COP(=O)(O)OC[C@@H](O)COP(=O)(O)OC[C@@H](COC(=O)CCCCCCC)OC(=O)CCCCCCCCCCCCCCCC)OC(=O)CCCCCCCCCCCCCCCC(C)C. The molecule has 3 N–H and O–H groups in total. The number of aliphatic hydroxyl groups excluding tert-OH is 1. The van der Waals surface area contributed by atoms with Crippen molar-refractivity contribution in [1.82, 2.24) is 0 Å². The van der Waals surface area contributed by atoms with E-state index in [0.717, 1.165) is 102 Å². The molecule has 0 saturated carbocycles.